The summed E-state index contributed by atoms with van der Waals surface area (Å²) in [6, 6.07) is 10.3. The fourth-order valence-electron chi connectivity index (χ4n) is 5.11. The molecule has 3 rings (SSSR count). The summed E-state index contributed by atoms with van der Waals surface area (Å²) in [5, 5.41) is 0. The number of hydrogen-bond donors (Lipinski definition) is 0. The molecule has 0 amide bonds. The summed E-state index contributed by atoms with van der Waals surface area (Å²) < 4.78 is 37.8. The van der Waals surface area contributed by atoms with E-state index in [0.29, 0.717) is 5.92 Å². The lowest BCUT2D eigenvalue weighted by atomic mass is 9.63. The SMILES string of the molecule is CCCC[C@H]1CC[C@H](C2(C=CCCC(F)(F)F)C=CC(c3ccccc3)=CC2)CC1. The molecule has 30 heavy (non-hydrogen) atoms. The van der Waals surface area contributed by atoms with Gasteiger partial charge in [-0.1, -0.05) is 99.7 Å². The summed E-state index contributed by atoms with van der Waals surface area (Å²) >= 11 is 0. The van der Waals surface area contributed by atoms with Crippen LogP contribution in [0.4, 0.5) is 13.2 Å². The summed E-state index contributed by atoms with van der Waals surface area (Å²) in [6.45, 7) is 2.25. The molecular weight excluding hydrogens is 381 g/mol. The molecule has 1 aromatic carbocycles. The Morgan fingerprint density at radius 2 is 1.80 bits per heavy atom. The number of alkyl halides is 3. The van der Waals surface area contributed by atoms with Crippen LogP contribution in [0.1, 0.15) is 76.7 Å². The first-order valence-electron chi connectivity index (χ1n) is 11.6. The fraction of sp³-hybridized carbons (Fsp3) is 0.556. The topological polar surface area (TPSA) is 0 Å². The Morgan fingerprint density at radius 3 is 2.40 bits per heavy atom. The molecule has 0 spiro atoms. The van der Waals surface area contributed by atoms with E-state index in [1.165, 1.54) is 56.1 Å². The quantitative estimate of drug-likeness (QED) is 0.371. The van der Waals surface area contributed by atoms with Crippen LogP contribution in [-0.4, -0.2) is 6.18 Å². The van der Waals surface area contributed by atoms with E-state index in [1.807, 2.05) is 18.2 Å². The molecule has 3 heteroatoms. The lowest BCUT2D eigenvalue weighted by molar-refractivity contribution is -0.133. The van der Waals surface area contributed by atoms with Gasteiger partial charge in [0.05, 0.1) is 0 Å². The van der Waals surface area contributed by atoms with Gasteiger partial charge in [-0.2, -0.15) is 13.2 Å². The monoisotopic (exact) mass is 416 g/mol. The highest BCUT2D eigenvalue weighted by molar-refractivity contribution is 5.75. The lowest BCUT2D eigenvalue weighted by Crippen LogP contribution is -2.31. The second-order valence-electron chi connectivity index (χ2n) is 9.09. The first-order chi connectivity index (χ1) is 14.4. The van der Waals surface area contributed by atoms with Crippen LogP contribution in [0, 0.1) is 17.3 Å². The van der Waals surface area contributed by atoms with Crippen LogP contribution in [0.3, 0.4) is 0 Å². The van der Waals surface area contributed by atoms with Crippen molar-refractivity contribution in [1.82, 2.24) is 0 Å². The smallest absolute Gasteiger partial charge is 0.171 e. The van der Waals surface area contributed by atoms with Gasteiger partial charge in [0, 0.05) is 11.8 Å². The van der Waals surface area contributed by atoms with Crippen molar-refractivity contribution in [3.63, 3.8) is 0 Å². The highest BCUT2D eigenvalue weighted by Gasteiger charge is 2.37. The molecule has 0 aliphatic heterocycles. The van der Waals surface area contributed by atoms with Crippen molar-refractivity contribution in [1.29, 1.82) is 0 Å². The van der Waals surface area contributed by atoms with Gasteiger partial charge in [-0.25, -0.2) is 0 Å². The van der Waals surface area contributed by atoms with Gasteiger partial charge in [0.2, 0.25) is 0 Å². The van der Waals surface area contributed by atoms with Gasteiger partial charge in [-0.3, -0.25) is 0 Å². The van der Waals surface area contributed by atoms with Crippen LogP contribution in [0.15, 0.2) is 60.7 Å². The minimum absolute atomic E-state index is 0.0696. The average Bonchev–Trinajstić information content (AvgIpc) is 2.76. The summed E-state index contributed by atoms with van der Waals surface area (Å²) in [6.07, 6.45) is 15.5. The molecule has 1 aromatic rings. The number of benzene rings is 1. The molecular formula is C27H35F3. The van der Waals surface area contributed by atoms with E-state index >= 15 is 0 Å². The second-order valence-corrected chi connectivity index (χ2v) is 9.09. The van der Waals surface area contributed by atoms with E-state index in [-0.39, 0.29) is 11.8 Å². The Balaban J connectivity index is 1.71. The number of hydrogen-bond acceptors (Lipinski definition) is 0. The van der Waals surface area contributed by atoms with E-state index in [4.69, 9.17) is 0 Å². The number of unbranched alkanes of at least 4 members (excludes halogenated alkanes) is 1. The Morgan fingerprint density at radius 1 is 1.07 bits per heavy atom. The van der Waals surface area contributed by atoms with Gasteiger partial charge in [-0.05, 0) is 48.7 Å². The van der Waals surface area contributed by atoms with Gasteiger partial charge >= 0.3 is 6.18 Å². The molecule has 0 nitrogen and oxygen atoms in total. The number of allylic oxidation sites excluding steroid dienone is 6. The number of halogens is 3. The molecule has 0 aromatic heterocycles. The van der Waals surface area contributed by atoms with E-state index < -0.39 is 12.6 Å². The third kappa shape index (κ3) is 6.36. The van der Waals surface area contributed by atoms with Gasteiger partial charge in [0.1, 0.15) is 0 Å². The van der Waals surface area contributed by atoms with Crippen LogP contribution >= 0.6 is 0 Å². The Bertz CT molecular complexity index is 733. The third-order valence-corrected chi connectivity index (χ3v) is 6.95. The van der Waals surface area contributed by atoms with Crippen molar-refractivity contribution in [2.75, 3.05) is 0 Å². The maximum Gasteiger partial charge on any atom is 0.389 e. The van der Waals surface area contributed by atoms with Crippen LogP contribution in [0.2, 0.25) is 0 Å². The van der Waals surface area contributed by atoms with Crippen molar-refractivity contribution < 1.29 is 13.2 Å². The minimum Gasteiger partial charge on any atom is -0.171 e. The van der Waals surface area contributed by atoms with Gasteiger partial charge < -0.3 is 0 Å². The van der Waals surface area contributed by atoms with Gasteiger partial charge in [0.25, 0.3) is 0 Å². The Hall–Kier alpha value is -1.77. The second kappa shape index (κ2) is 10.5. The molecule has 0 N–H and O–H groups in total. The lowest BCUT2D eigenvalue weighted by Gasteiger charge is -2.42. The van der Waals surface area contributed by atoms with Crippen LogP contribution in [0.5, 0.6) is 0 Å². The first kappa shape index (κ1) is 22.9. The summed E-state index contributed by atoms with van der Waals surface area (Å²) in [7, 11) is 0. The van der Waals surface area contributed by atoms with Crippen molar-refractivity contribution in [2.45, 2.75) is 77.3 Å². The standard InChI is InChI=1S/C27H35F3/c1-2-3-9-22-12-14-25(15-13-22)26(18-7-8-19-27(28,29)30)20-16-24(17-21-26)23-10-5-4-6-11-23/h4-7,10-11,16-18,20,22,25H,2-3,8-9,12-15,19,21H2,1H3/t22-,25-,26?. The maximum absolute atomic E-state index is 12.6. The van der Waals surface area contributed by atoms with E-state index in [1.54, 1.807) is 6.08 Å². The molecule has 0 heterocycles. The largest absolute Gasteiger partial charge is 0.389 e. The third-order valence-electron chi connectivity index (χ3n) is 6.95. The van der Waals surface area contributed by atoms with Crippen LogP contribution < -0.4 is 0 Å². The first-order valence-corrected chi connectivity index (χ1v) is 11.6. The maximum atomic E-state index is 12.6. The number of rotatable bonds is 8. The van der Waals surface area contributed by atoms with E-state index in [2.05, 4.69) is 43.4 Å². The molecule has 164 valence electrons. The molecule has 1 saturated carbocycles. The normalized spacial score (nSPS) is 27.4. The molecule has 1 atom stereocenters. The molecule has 1 unspecified atom stereocenters. The van der Waals surface area contributed by atoms with E-state index in [0.717, 1.165) is 12.3 Å². The van der Waals surface area contributed by atoms with Crippen molar-refractivity contribution in [3.8, 4) is 0 Å². The predicted molar refractivity (Wildman–Crippen MR) is 120 cm³/mol. The Labute approximate surface area is 180 Å². The average molecular weight is 417 g/mol. The highest BCUT2D eigenvalue weighted by Crippen LogP contribution is 2.48. The summed E-state index contributed by atoms with van der Waals surface area (Å²) in [5.41, 5.74) is 2.28. The van der Waals surface area contributed by atoms with E-state index in [9.17, 15) is 13.2 Å². The molecule has 2 aliphatic rings. The summed E-state index contributed by atoms with van der Waals surface area (Å²) in [4.78, 5) is 0. The molecule has 0 saturated heterocycles. The molecule has 2 aliphatic carbocycles. The Kier molecular flexibility index (Phi) is 8.02. The molecule has 0 bridgehead atoms. The highest BCUT2D eigenvalue weighted by atomic mass is 19.4. The minimum atomic E-state index is -4.09. The van der Waals surface area contributed by atoms with Crippen LogP contribution in [0.25, 0.3) is 5.57 Å². The zero-order valence-corrected chi connectivity index (χ0v) is 18.1. The van der Waals surface area contributed by atoms with Crippen LogP contribution in [-0.2, 0) is 0 Å². The zero-order valence-electron chi connectivity index (χ0n) is 18.1. The fourth-order valence-corrected chi connectivity index (χ4v) is 5.11. The van der Waals surface area contributed by atoms with Crippen molar-refractivity contribution >= 4 is 5.57 Å². The van der Waals surface area contributed by atoms with Gasteiger partial charge in [-0.15, -0.1) is 0 Å². The van der Waals surface area contributed by atoms with Crippen molar-refractivity contribution in [3.05, 3.63) is 66.3 Å². The van der Waals surface area contributed by atoms with Gasteiger partial charge in [0.15, 0.2) is 0 Å². The zero-order chi connectivity index (χ0) is 21.5. The summed E-state index contributed by atoms with van der Waals surface area (Å²) in [5.74, 6) is 1.35. The molecule has 1 fully saturated rings. The van der Waals surface area contributed by atoms with Crippen molar-refractivity contribution in [2.24, 2.45) is 17.3 Å². The molecule has 0 radical (unpaired) electrons. The predicted octanol–water partition coefficient (Wildman–Crippen LogP) is 8.91.